The first-order valence-electron chi connectivity index (χ1n) is 4.01. The van der Waals surface area contributed by atoms with E-state index in [1.807, 2.05) is 0 Å². The van der Waals surface area contributed by atoms with Crippen molar-refractivity contribution < 1.29 is 14.6 Å². The van der Waals surface area contributed by atoms with Gasteiger partial charge in [0.2, 0.25) is 0 Å². The minimum atomic E-state index is -0.679. The molecule has 0 aromatic heterocycles. The first-order chi connectivity index (χ1) is 5.69. The van der Waals surface area contributed by atoms with Gasteiger partial charge in [0.15, 0.2) is 6.29 Å². The summed E-state index contributed by atoms with van der Waals surface area (Å²) in [4.78, 5) is 0. The van der Waals surface area contributed by atoms with E-state index in [1.54, 1.807) is 7.11 Å². The lowest BCUT2D eigenvalue weighted by molar-refractivity contribution is -0.213. The zero-order valence-corrected chi connectivity index (χ0v) is 7.14. The van der Waals surface area contributed by atoms with Crippen molar-refractivity contribution in [3.8, 4) is 0 Å². The van der Waals surface area contributed by atoms with E-state index in [0.29, 0.717) is 6.42 Å². The van der Waals surface area contributed by atoms with E-state index in [0.717, 1.165) is 0 Å². The number of aliphatic hydroxyl groups excluding tert-OH is 1. The fourth-order valence-corrected chi connectivity index (χ4v) is 1.32. The van der Waals surface area contributed by atoms with Crippen molar-refractivity contribution >= 4 is 0 Å². The van der Waals surface area contributed by atoms with Gasteiger partial charge in [0, 0.05) is 26.1 Å². The highest BCUT2D eigenvalue weighted by molar-refractivity contribution is 4.85. The molecule has 72 valence electrons. The van der Waals surface area contributed by atoms with Gasteiger partial charge < -0.3 is 26.0 Å². The summed E-state index contributed by atoms with van der Waals surface area (Å²) in [6.45, 7) is 0.259. The van der Waals surface area contributed by atoms with Crippen molar-refractivity contribution in [1.29, 1.82) is 0 Å². The Balaban J connectivity index is 2.52. The molecular weight excluding hydrogens is 160 g/mol. The van der Waals surface area contributed by atoms with Gasteiger partial charge in [0.05, 0.1) is 6.10 Å². The fraction of sp³-hybridized carbons (Fsp3) is 1.00. The molecule has 0 aromatic carbocycles. The Morgan fingerprint density at radius 3 is 2.83 bits per heavy atom. The molecule has 1 aliphatic heterocycles. The van der Waals surface area contributed by atoms with Gasteiger partial charge in [-0.15, -0.1) is 0 Å². The molecule has 0 aromatic rings. The standard InChI is InChI=1S/C7H16N2O3/c1-11-6-2-4(9)7(10)5(3-8)12-6/h4-7,10H,2-3,8-9H2,1H3/t4-,5+,6+,7-/m0/s1. The van der Waals surface area contributed by atoms with E-state index < -0.39 is 12.2 Å². The van der Waals surface area contributed by atoms with Gasteiger partial charge in [-0.2, -0.15) is 0 Å². The molecule has 0 aliphatic carbocycles. The lowest BCUT2D eigenvalue weighted by Gasteiger charge is -2.36. The summed E-state index contributed by atoms with van der Waals surface area (Å²) in [7, 11) is 1.54. The highest BCUT2D eigenvalue weighted by Crippen LogP contribution is 2.18. The monoisotopic (exact) mass is 176 g/mol. The smallest absolute Gasteiger partial charge is 0.159 e. The molecule has 5 N–H and O–H groups in total. The van der Waals surface area contributed by atoms with Crippen LogP contribution in [0.1, 0.15) is 6.42 Å². The van der Waals surface area contributed by atoms with E-state index in [1.165, 1.54) is 0 Å². The Morgan fingerprint density at radius 1 is 1.67 bits per heavy atom. The third-order valence-corrected chi connectivity index (χ3v) is 2.11. The Kier molecular flexibility index (Phi) is 3.42. The van der Waals surface area contributed by atoms with Crippen LogP contribution in [-0.4, -0.2) is 43.3 Å². The molecule has 1 heterocycles. The van der Waals surface area contributed by atoms with Gasteiger partial charge in [-0.3, -0.25) is 0 Å². The van der Waals surface area contributed by atoms with Crippen molar-refractivity contribution in [3.05, 3.63) is 0 Å². The van der Waals surface area contributed by atoms with Gasteiger partial charge in [0.25, 0.3) is 0 Å². The Morgan fingerprint density at radius 2 is 2.33 bits per heavy atom. The summed E-state index contributed by atoms with van der Waals surface area (Å²) in [5.41, 5.74) is 11.0. The molecule has 0 bridgehead atoms. The Labute approximate surface area is 71.6 Å². The molecule has 0 amide bonds. The third kappa shape index (κ3) is 1.94. The van der Waals surface area contributed by atoms with Crippen LogP contribution in [0.15, 0.2) is 0 Å². The third-order valence-electron chi connectivity index (χ3n) is 2.11. The van der Waals surface area contributed by atoms with Crippen LogP contribution in [0, 0.1) is 0 Å². The van der Waals surface area contributed by atoms with Crippen LogP contribution in [0.25, 0.3) is 0 Å². The molecule has 1 rings (SSSR count). The van der Waals surface area contributed by atoms with Crippen LogP contribution in [-0.2, 0) is 9.47 Å². The number of rotatable bonds is 2. The van der Waals surface area contributed by atoms with Crippen molar-refractivity contribution in [1.82, 2.24) is 0 Å². The number of ether oxygens (including phenoxy) is 2. The molecule has 1 saturated heterocycles. The van der Waals surface area contributed by atoms with Crippen LogP contribution in [0.4, 0.5) is 0 Å². The molecule has 4 atom stereocenters. The molecule has 0 saturated carbocycles. The van der Waals surface area contributed by atoms with Crippen molar-refractivity contribution in [2.45, 2.75) is 31.0 Å². The summed E-state index contributed by atoms with van der Waals surface area (Å²) in [5.74, 6) is 0. The molecule has 0 unspecified atom stereocenters. The van der Waals surface area contributed by atoms with E-state index in [2.05, 4.69) is 0 Å². The van der Waals surface area contributed by atoms with Gasteiger partial charge in [-0.05, 0) is 0 Å². The molecule has 5 heteroatoms. The second kappa shape index (κ2) is 4.15. The van der Waals surface area contributed by atoms with E-state index >= 15 is 0 Å². The SMILES string of the molecule is CO[C@H]1C[C@H](N)[C@H](O)[C@@H](CN)O1. The van der Waals surface area contributed by atoms with Crippen LogP contribution < -0.4 is 11.5 Å². The van der Waals surface area contributed by atoms with Crippen LogP contribution in [0.5, 0.6) is 0 Å². The van der Waals surface area contributed by atoms with E-state index in [-0.39, 0.29) is 18.9 Å². The van der Waals surface area contributed by atoms with Gasteiger partial charge >= 0.3 is 0 Å². The molecule has 1 aliphatic rings. The number of aliphatic hydroxyl groups is 1. The number of methoxy groups -OCH3 is 1. The van der Waals surface area contributed by atoms with Crippen LogP contribution >= 0.6 is 0 Å². The second-order valence-corrected chi connectivity index (χ2v) is 2.97. The van der Waals surface area contributed by atoms with Crippen LogP contribution in [0.2, 0.25) is 0 Å². The minimum absolute atomic E-state index is 0.259. The zero-order chi connectivity index (χ0) is 9.14. The summed E-state index contributed by atoms with van der Waals surface area (Å²) < 4.78 is 10.3. The lowest BCUT2D eigenvalue weighted by Crippen LogP contribution is -2.55. The van der Waals surface area contributed by atoms with E-state index in [9.17, 15) is 5.11 Å². The zero-order valence-electron chi connectivity index (χ0n) is 7.14. The van der Waals surface area contributed by atoms with Crippen molar-refractivity contribution in [3.63, 3.8) is 0 Å². The first-order valence-corrected chi connectivity index (χ1v) is 4.01. The Bertz CT molecular complexity index is 145. The predicted octanol–water partition coefficient (Wildman–Crippen LogP) is -1.61. The largest absolute Gasteiger partial charge is 0.389 e. The molecule has 0 spiro atoms. The lowest BCUT2D eigenvalue weighted by atomic mass is 10.00. The highest BCUT2D eigenvalue weighted by Gasteiger charge is 2.34. The average Bonchev–Trinajstić information content (AvgIpc) is 2.09. The first kappa shape index (κ1) is 9.88. The second-order valence-electron chi connectivity index (χ2n) is 2.97. The van der Waals surface area contributed by atoms with Crippen molar-refractivity contribution in [2.24, 2.45) is 11.5 Å². The topological polar surface area (TPSA) is 90.7 Å². The summed E-state index contributed by atoms with van der Waals surface area (Å²) in [5, 5.41) is 9.47. The summed E-state index contributed by atoms with van der Waals surface area (Å²) >= 11 is 0. The maximum atomic E-state index is 9.47. The predicted molar refractivity (Wildman–Crippen MR) is 43.3 cm³/mol. The number of hydrogen-bond donors (Lipinski definition) is 3. The number of hydrogen-bond acceptors (Lipinski definition) is 5. The minimum Gasteiger partial charge on any atom is -0.389 e. The van der Waals surface area contributed by atoms with Crippen molar-refractivity contribution in [2.75, 3.05) is 13.7 Å². The Hall–Kier alpha value is -0.200. The maximum absolute atomic E-state index is 9.47. The van der Waals surface area contributed by atoms with Gasteiger partial charge in [-0.1, -0.05) is 0 Å². The molecule has 12 heavy (non-hydrogen) atoms. The van der Waals surface area contributed by atoms with Crippen LogP contribution in [0.3, 0.4) is 0 Å². The molecular formula is C7H16N2O3. The highest BCUT2D eigenvalue weighted by atomic mass is 16.7. The summed E-state index contributed by atoms with van der Waals surface area (Å²) in [6, 6.07) is -0.308. The normalized spacial score (nSPS) is 43.0. The number of nitrogens with two attached hydrogens (primary N) is 2. The quantitative estimate of drug-likeness (QED) is 0.471. The van der Waals surface area contributed by atoms with E-state index in [4.69, 9.17) is 20.9 Å². The van der Waals surface area contributed by atoms with Gasteiger partial charge in [0.1, 0.15) is 6.10 Å². The average molecular weight is 176 g/mol. The summed E-state index contributed by atoms with van der Waals surface area (Å²) in [6.07, 6.45) is -0.911. The van der Waals surface area contributed by atoms with Gasteiger partial charge in [-0.25, -0.2) is 0 Å². The molecule has 0 radical (unpaired) electrons. The molecule has 1 fully saturated rings. The maximum Gasteiger partial charge on any atom is 0.159 e. The fourth-order valence-electron chi connectivity index (χ4n) is 1.32. The molecule has 5 nitrogen and oxygen atoms in total.